The van der Waals surface area contributed by atoms with Crippen molar-refractivity contribution in [2.24, 2.45) is 5.92 Å². The van der Waals surface area contributed by atoms with Gasteiger partial charge < -0.3 is 26.2 Å². The van der Waals surface area contributed by atoms with E-state index in [4.69, 9.17) is 0 Å². The lowest BCUT2D eigenvalue weighted by Crippen LogP contribution is -2.48. The molecule has 1 aliphatic heterocycles. The first-order valence-corrected chi connectivity index (χ1v) is 11.5. The van der Waals surface area contributed by atoms with Gasteiger partial charge in [-0.15, -0.1) is 0 Å². The summed E-state index contributed by atoms with van der Waals surface area (Å²) in [6.45, 7) is 5.09. The molecular formula is C23H35N5O3. The minimum absolute atomic E-state index is 0.0261. The van der Waals surface area contributed by atoms with Crippen LogP contribution in [0.3, 0.4) is 0 Å². The molecule has 170 valence electrons. The van der Waals surface area contributed by atoms with Crippen LogP contribution in [-0.2, 0) is 4.79 Å². The molecule has 4 N–H and O–H groups in total. The van der Waals surface area contributed by atoms with E-state index in [-0.39, 0.29) is 36.0 Å². The van der Waals surface area contributed by atoms with Gasteiger partial charge in [0.05, 0.1) is 5.92 Å². The maximum atomic E-state index is 12.7. The second kappa shape index (κ2) is 11.0. The van der Waals surface area contributed by atoms with E-state index in [1.165, 1.54) is 12.8 Å². The molecule has 0 radical (unpaired) electrons. The first-order chi connectivity index (χ1) is 14.9. The summed E-state index contributed by atoms with van der Waals surface area (Å²) in [5.41, 5.74) is 1.33. The summed E-state index contributed by atoms with van der Waals surface area (Å²) in [4.78, 5) is 38.9. The predicted octanol–water partition coefficient (Wildman–Crippen LogP) is 3.91. The van der Waals surface area contributed by atoms with Crippen molar-refractivity contribution in [2.75, 3.05) is 23.7 Å². The molecule has 0 bridgehead atoms. The molecule has 2 fully saturated rings. The first-order valence-electron chi connectivity index (χ1n) is 11.5. The van der Waals surface area contributed by atoms with Crippen molar-refractivity contribution in [3.63, 3.8) is 0 Å². The Morgan fingerprint density at radius 2 is 1.65 bits per heavy atom. The molecule has 2 aliphatic rings. The van der Waals surface area contributed by atoms with Gasteiger partial charge in [-0.2, -0.15) is 0 Å². The number of amides is 5. The molecule has 1 saturated heterocycles. The molecule has 1 aliphatic carbocycles. The highest BCUT2D eigenvalue weighted by molar-refractivity contribution is 5.92. The highest BCUT2D eigenvalue weighted by Gasteiger charge is 2.29. The Bertz CT molecular complexity index is 761. The zero-order chi connectivity index (χ0) is 22.2. The maximum absolute atomic E-state index is 12.7. The van der Waals surface area contributed by atoms with E-state index in [9.17, 15) is 14.4 Å². The van der Waals surface area contributed by atoms with Crippen LogP contribution < -0.4 is 21.3 Å². The van der Waals surface area contributed by atoms with Crippen LogP contribution in [0, 0.1) is 5.92 Å². The van der Waals surface area contributed by atoms with Gasteiger partial charge >= 0.3 is 12.1 Å². The number of hydrogen-bond acceptors (Lipinski definition) is 3. The van der Waals surface area contributed by atoms with Gasteiger partial charge in [0.2, 0.25) is 5.91 Å². The number of carbonyl (C=O) groups is 3. The van der Waals surface area contributed by atoms with Crippen LogP contribution in [0.2, 0.25) is 0 Å². The highest BCUT2D eigenvalue weighted by Crippen LogP contribution is 2.20. The molecule has 8 heteroatoms. The second-order valence-electron chi connectivity index (χ2n) is 8.69. The topological polar surface area (TPSA) is 103 Å². The molecule has 1 heterocycles. The van der Waals surface area contributed by atoms with Gasteiger partial charge in [0.1, 0.15) is 0 Å². The van der Waals surface area contributed by atoms with E-state index in [1.807, 2.05) is 13.8 Å². The molecular weight excluding hydrogens is 394 g/mol. The number of nitrogens with one attached hydrogen (secondary N) is 4. The van der Waals surface area contributed by atoms with Crippen LogP contribution in [0.1, 0.15) is 58.8 Å². The van der Waals surface area contributed by atoms with E-state index >= 15 is 0 Å². The molecule has 1 aromatic rings. The smallest absolute Gasteiger partial charge is 0.321 e. The fraction of sp³-hybridized carbons (Fsp3) is 0.609. The summed E-state index contributed by atoms with van der Waals surface area (Å²) in [5, 5.41) is 11.7. The lowest BCUT2D eigenvalue weighted by molar-refractivity contribution is -0.126. The van der Waals surface area contributed by atoms with Crippen LogP contribution in [0.4, 0.5) is 21.0 Å². The number of urea groups is 2. The molecule has 1 saturated carbocycles. The van der Waals surface area contributed by atoms with E-state index in [0.717, 1.165) is 32.1 Å². The largest absolute Gasteiger partial charge is 0.353 e. The summed E-state index contributed by atoms with van der Waals surface area (Å²) >= 11 is 0. The molecule has 1 aromatic carbocycles. The van der Waals surface area contributed by atoms with Crippen molar-refractivity contribution in [1.29, 1.82) is 0 Å². The number of nitrogens with zero attached hydrogens (tertiary/aromatic N) is 1. The van der Waals surface area contributed by atoms with Crippen molar-refractivity contribution in [3.8, 4) is 0 Å². The number of benzene rings is 1. The number of likely N-dealkylation sites (tertiary alicyclic amines) is 1. The van der Waals surface area contributed by atoms with E-state index in [2.05, 4.69) is 21.3 Å². The molecule has 2 atom stereocenters. The Morgan fingerprint density at radius 3 is 2.29 bits per heavy atom. The van der Waals surface area contributed by atoms with Crippen molar-refractivity contribution in [3.05, 3.63) is 24.3 Å². The standard InChI is InChI=1S/C23H35N5O3/c1-3-16(2)24-21(29)17-7-6-14-28(15-17)23(31)27-20-12-10-19(11-13-20)26-22(30)25-18-8-4-5-9-18/h10-13,16-18H,3-9,14-15H2,1-2H3,(H,24,29)(H,27,31)(H2,25,26,30)/t16-,17+/m1/s1. The predicted molar refractivity (Wildman–Crippen MR) is 122 cm³/mol. The van der Waals surface area contributed by atoms with Crippen LogP contribution in [0.25, 0.3) is 0 Å². The number of hydrogen-bond donors (Lipinski definition) is 4. The van der Waals surface area contributed by atoms with E-state index in [1.54, 1.807) is 29.2 Å². The van der Waals surface area contributed by atoms with Gasteiger partial charge in [-0.1, -0.05) is 19.8 Å². The number of piperidine rings is 1. The Kier molecular flexibility index (Phi) is 8.14. The van der Waals surface area contributed by atoms with Gasteiger partial charge in [-0.3, -0.25) is 4.79 Å². The second-order valence-corrected chi connectivity index (χ2v) is 8.69. The van der Waals surface area contributed by atoms with Crippen molar-refractivity contribution < 1.29 is 14.4 Å². The lowest BCUT2D eigenvalue weighted by Gasteiger charge is -2.32. The number of rotatable bonds is 6. The molecule has 0 aromatic heterocycles. The molecule has 5 amide bonds. The summed E-state index contributed by atoms with van der Waals surface area (Å²) in [5.74, 6) is -0.142. The number of carbonyl (C=O) groups excluding carboxylic acids is 3. The third-order valence-corrected chi connectivity index (χ3v) is 6.16. The van der Waals surface area contributed by atoms with Crippen LogP contribution in [-0.4, -0.2) is 48.0 Å². The van der Waals surface area contributed by atoms with Crippen molar-refractivity contribution in [2.45, 2.75) is 70.9 Å². The quantitative estimate of drug-likeness (QED) is 0.551. The molecule has 3 rings (SSSR count). The molecule has 8 nitrogen and oxygen atoms in total. The van der Waals surface area contributed by atoms with Gasteiger partial charge in [0.15, 0.2) is 0 Å². The minimum Gasteiger partial charge on any atom is -0.353 e. The normalized spacial score (nSPS) is 20.1. The molecule has 0 spiro atoms. The van der Waals surface area contributed by atoms with Gasteiger partial charge in [0.25, 0.3) is 0 Å². The third kappa shape index (κ3) is 6.87. The molecule has 0 unspecified atom stereocenters. The summed E-state index contributed by atoms with van der Waals surface area (Å²) in [7, 11) is 0. The monoisotopic (exact) mass is 429 g/mol. The third-order valence-electron chi connectivity index (χ3n) is 6.16. The lowest BCUT2D eigenvalue weighted by atomic mass is 9.97. The SMILES string of the molecule is CC[C@@H](C)NC(=O)[C@H]1CCCN(C(=O)Nc2ccc(NC(=O)NC3CCCC3)cc2)C1. The summed E-state index contributed by atoms with van der Waals surface area (Å²) in [6, 6.07) is 7.06. The highest BCUT2D eigenvalue weighted by atomic mass is 16.2. The number of anilines is 2. The van der Waals surface area contributed by atoms with E-state index in [0.29, 0.717) is 24.5 Å². The van der Waals surface area contributed by atoms with Crippen LogP contribution in [0.15, 0.2) is 24.3 Å². The van der Waals surface area contributed by atoms with Gasteiger partial charge in [0, 0.05) is 36.5 Å². The summed E-state index contributed by atoms with van der Waals surface area (Å²) in [6.07, 6.45) is 6.90. The maximum Gasteiger partial charge on any atom is 0.321 e. The summed E-state index contributed by atoms with van der Waals surface area (Å²) < 4.78 is 0. The fourth-order valence-corrected chi connectivity index (χ4v) is 4.10. The van der Waals surface area contributed by atoms with Crippen molar-refractivity contribution >= 4 is 29.3 Å². The van der Waals surface area contributed by atoms with Crippen LogP contribution in [0.5, 0.6) is 0 Å². The minimum atomic E-state index is -0.208. The first kappa shape index (κ1) is 22.9. The Hall–Kier alpha value is -2.77. The Morgan fingerprint density at radius 1 is 1.00 bits per heavy atom. The van der Waals surface area contributed by atoms with Gasteiger partial charge in [-0.25, -0.2) is 9.59 Å². The van der Waals surface area contributed by atoms with Crippen LogP contribution >= 0.6 is 0 Å². The molecule has 31 heavy (non-hydrogen) atoms. The average Bonchev–Trinajstić information content (AvgIpc) is 3.28. The Labute approximate surface area is 184 Å². The Balaban J connectivity index is 1.47. The van der Waals surface area contributed by atoms with Gasteiger partial charge in [-0.05, 0) is 63.3 Å². The fourth-order valence-electron chi connectivity index (χ4n) is 4.10. The zero-order valence-corrected chi connectivity index (χ0v) is 18.6. The van der Waals surface area contributed by atoms with Crippen molar-refractivity contribution in [1.82, 2.24) is 15.5 Å². The zero-order valence-electron chi connectivity index (χ0n) is 18.6. The van der Waals surface area contributed by atoms with E-state index < -0.39 is 0 Å². The average molecular weight is 430 g/mol.